The van der Waals surface area contributed by atoms with Crippen LogP contribution in [-0.4, -0.2) is 12.5 Å². The van der Waals surface area contributed by atoms with Crippen molar-refractivity contribution in [3.63, 3.8) is 0 Å². The second-order valence-corrected chi connectivity index (χ2v) is 1.54. The van der Waals surface area contributed by atoms with Crippen LogP contribution in [-0.2, 0) is 4.79 Å². The Morgan fingerprint density at radius 3 is 2.22 bits per heavy atom. The Hall–Kier alpha value is -1.22. The summed E-state index contributed by atoms with van der Waals surface area (Å²) in [5.41, 5.74) is 13.5. The number of nitrogens with one attached hydrogen (secondary N) is 1. The van der Waals surface area contributed by atoms with Crippen LogP contribution in [0.5, 0.6) is 0 Å². The molecule has 5 heteroatoms. The highest BCUT2D eigenvalue weighted by molar-refractivity contribution is 5.77. The van der Waals surface area contributed by atoms with E-state index in [2.05, 4.69) is 5.32 Å². The zero-order valence-corrected chi connectivity index (χ0v) is 4.87. The first-order valence-corrected chi connectivity index (χ1v) is 2.56. The fourth-order valence-corrected chi connectivity index (χ4v) is 0.565. The van der Waals surface area contributed by atoms with Crippen LogP contribution in [0.15, 0.2) is 0 Å². The summed E-state index contributed by atoms with van der Waals surface area (Å²) >= 11 is 0. The van der Waals surface area contributed by atoms with E-state index in [0.717, 1.165) is 19.4 Å². The van der Waals surface area contributed by atoms with E-state index >= 15 is 0 Å². The van der Waals surface area contributed by atoms with Crippen molar-refractivity contribution in [3.8, 4) is 0 Å². The van der Waals surface area contributed by atoms with Gasteiger partial charge in [0, 0.05) is 13.0 Å². The lowest BCUT2D eigenvalue weighted by atomic mass is 10.4. The van der Waals surface area contributed by atoms with Crippen molar-refractivity contribution in [2.45, 2.75) is 12.8 Å². The standard InChI is InChI=1S/C4H7NO.N3/c6-4-2-1-3-5-4;1-3-2/h1-3H2,(H,5,6);/q;-1. The molecule has 9 heavy (non-hydrogen) atoms. The van der Waals surface area contributed by atoms with Crippen LogP contribution in [0.1, 0.15) is 12.8 Å². The minimum absolute atomic E-state index is 0.204. The van der Waals surface area contributed by atoms with Gasteiger partial charge in [-0.25, -0.2) is 0 Å². The van der Waals surface area contributed by atoms with Gasteiger partial charge in [-0.3, -0.25) is 9.71 Å². The van der Waals surface area contributed by atoms with Crippen LogP contribution >= 0.6 is 0 Å². The summed E-state index contributed by atoms with van der Waals surface area (Å²) in [4.78, 5) is 11.6. The molecule has 0 aromatic carbocycles. The summed E-state index contributed by atoms with van der Waals surface area (Å²) in [6.45, 7) is 0.888. The Labute approximate surface area is 52.5 Å². The maximum Gasteiger partial charge on any atom is 0.220 e. The highest BCUT2D eigenvalue weighted by Crippen LogP contribution is 1.93. The molecule has 0 saturated carbocycles. The van der Waals surface area contributed by atoms with Gasteiger partial charge in [-0.2, -0.15) is 0 Å². The zero-order valence-electron chi connectivity index (χ0n) is 4.87. The number of nitrogens with zero attached hydrogens (tertiary/aromatic N) is 3. The lowest BCUT2D eigenvalue weighted by molar-refractivity contribution is -0.119. The Kier molecular flexibility index (Phi) is 4.26. The van der Waals surface area contributed by atoms with E-state index in [4.69, 9.17) is 11.1 Å². The molecule has 1 aliphatic heterocycles. The fourth-order valence-electron chi connectivity index (χ4n) is 0.565. The van der Waals surface area contributed by atoms with Crippen molar-refractivity contribution in [1.82, 2.24) is 5.32 Å². The largest absolute Gasteiger partial charge is 0.373 e. The first kappa shape index (κ1) is 7.78. The molecule has 0 bridgehead atoms. The molecule has 0 aromatic heterocycles. The minimum atomic E-state index is 0.204. The van der Waals surface area contributed by atoms with Gasteiger partial charge >= 0.3 is 0 Å². The molecule has 0 radical (unpaired) electrons. The second kappa shape index (κ2) is 4.93. The van der Waals surface area contributed by atoms with E-state index in [1.165, 1.54) is 4.91 Å². The maximum atomic E-state index is 10.1. The molecule has 0 aromatic rings. The third-order valence-electron chi connectivity index (χ3n) is 0.903. The zero-order chi connectivity index (χ0) is 7.11. The quantitative estimate of drug-likeness (QED) is 0.290. The first-order chi connectivity index (χ1) is 4.31. The lowest BCUT2D eigenvalue weighted by Gasteiger charge is -1.80. The van der Waals surface area contributed by atoms with Crippen molar-refractivity contribution in [1.29, 1.82) is 0 Å². The van der Waals surface area contributed by atoms with Gasteiger partial charge in [0.2, 0.25) is 5.91 Å². The maximum absolute atomic E-state index is 10.1. The summed E-state index contributed by atoms with van der Waals surface area (Å²) in [5, 5.41) is 2.68. The normalized spacial score (nSPS) is 14.9. The number of hydrogen-bond acceptors (Lipinski definition) is 1. The number of rotatable bonds is 0. The molecule has 0 unspecified atom stereocenters. The SMILES string of the molecule is O=C1CCCN1.[N-]=[N+]=[N-]. The van der Waals surface area contributed by atoms with Crippen molar-refractivity contribution in [2.24, 2.45) is 0 Å². The van der Waals surface area contributed by atoms with Gasteiger partial charge in [-0.05, 0) is 6.42 Å². The summed E-state index contributed by atoms with van der Waals surface area (Å²) in [6.07, 6.45) is 1.76. The number of carbonyl (C=O) groups is 1. The summed E-state index contributed by atoms with van der Waals surface area (Å²) in [5.74, 6) is 0.204. The number of hydrogen-bond donors (Lipinski definition) is 1. The van der Waals surface area contributed by atoms with Gasteiger partial charge in [0.05, 0.1) is 0 Å². The van der Waals surface area contributed by atoms with E-state index in [-0.39, 0.29) is 5.91 Å². The molecule has 1 amide bonds. The molecule has 1 N–H and O–H groups in total. The highest BCUT2D eigenvalue weighted by atomic mass is 16.1. The first-order valence-electron chi connectivity index (χ1n) is 2.56. The summed E-state index contributed by atoms with van der Waals surface area (Å²) in [7, 11) is 0. The molecular weight excluding hydrogens is 120 g/mol. The molecule has 0 atom stereocenters. The second-order valence-electron chi connectivity index (χ2n) is 1.54. The third-order valence-corrected chi connectivity index (χ3v) is 0.903. The van der Waals surface area contributed by atoms with E-state index in [1.807, 2.05) is 0 Å². The van der Waals surface area contributed by atoms with E-state index in [1.54, 1.807) is 0 Å². The lowest BCUT2D eigenvalue weighted by Crippen LogP contribution is -2.12. The summed E-state index contributed by atoms with van der Waals surface area (Å²) in [6, 6.07) is 0. The van der Waals surface area contributed by atoms with Crippen LogP contribution in [0.3, 0.4) is 0 Å². The Morgan fingerprint density at radius 2 is 2.11 bits per heavy atom. The molecule has 0 aliphatic carbocycles. The average Bonchev–Trinajstić information content (AvgIpc) is 2.20. The molecule has 1 saturated heterocycles. The van der Waals surface area contributed by atoms with Gasteiger partial charge in [-0.1, -0.05) is 0 Å². The van der Waals surface area contributed by atoms with Crippen molar-refractivity contribution >= 4 is 5.91 Å². The van der Waals surface area contributed by atoms with Crippen molar-refractivity contribution in [2.75, 3.05) is 6.54 Å². The van der Waals surface area contributed by atoms with Gasteiger partial charge in [-0.15, -0.1) is 0 Å². The van der Waals surface area contributed by atoms with Gasteiger partial charge < -0.3 is 16.4 Å². The van der Waals surface area contributed by atoms with E-state index < -0.39 is 0 Å². The predicted octanol–water partition coefficient (Wildman–Crippen LogP) is 0.762. The Bertz CT molecular complexity index is 119. The van der Waals surface area contributed by atoms with Crippen molar-refractivity contribution in [3.05, 3.63) is 16.0 Å². The molecule has 1 heterocycles. The molecular formula is C4H7N4O-. The van der Waals surface area contributed by atoms with E-state index in [9.17, 15) is 4.79 Å². The van der Waals surface area contributed by atoms with E-state index in [0.29, 0.717) is 0 Å². The van der Waals surface area contributed by atoms with Gasteiger partial charge in [0.1, 0.15) is 0 Å². The van der Waals surface area contributed by atoms with Gasteiger partial charge in [0.25, 0.3) is 0 Å². The third kappa shape index (κ3) is 4.64. The Balaban J connectivity index is 0.000000187. The smallest absolute Gasteiger partial charge is 0.220 e. The van der Waals surface area contributed by atoms with Crippen LogP contribution < -0.4 is 5.32 Å². The van der Waals surface area contributed by atoms with Crippen molar-refractivity contribution < 1.29 is 4.79 Å². The Morgan fingerprint density at radius 1 is 1.56 bits per heavy atom. The monoisotopic (exact) mass is 127 g/mol. The predicted molar refractivity (Wildman–Crippen MR) is 32.3 cm³/mol. The van der Waals surface area contributed by atoms with Crippen LogP contribution in [0, 0.1) is 0 Å². The minimum Gasteiger partial charge on any atom is -0.373 e. The average molecular weight is 127 g/mol. The van der Waals surface area contributed by atoms with Crippen LogP contribution in [0.25, 0.3) is 16.0 Å². The molecule has 1 aliphatic rings. The number of amides is 1. The fraction of sp³-hybridized carbons (Fsp3) is 0.750. The molecule has 5 nitrogen and oxygen atoms in total. The molecule has 50 valence electrons. The number of carbonyl (C=O) groups excluding carboxylic acids is 1. The highest BCUT2D eigenvalue weighted by Gasteiger charge is 2.05. The topological polar surface area (TPSA) is 87.8 Å². The van der Waals surface area contributed by atoms with Crippen LogP contribution in [0.4, 0.5) is 0 Å². The molecule has 1 rings (SSSR count). The summed E-state index contributed by atoms with van der Waals surface area (Å²) < 4.78 is 0. The van der Waals surface area contributed by atoms with Crippen LogP contribution in [0.2, 0.25) is 0 Å². The molecule has 0 spiro atoms. The van der Waals surface area contributed by atoms with Gasteiger partial charge in [0.15, 0.2) is 0 Å². The molecule has 1 fully saturated rings.